The molecule has 0 spiro atoms. The Bertz CT molecular complexity index is 879. The quantitative estimate of drug-likeness (QED) is 0.563. The van der Waals surface area contributed by atoms with Crippen LogP contribution in [0.3, 0.4) is 0 Å². The number of H-pyrrole nitrogens is 1. The standard InChI is InChI=1S/C15H17FN2O9/c1-6(19)10(23)11-12(25-7(2)20)13(26-8(3)21)15(16,27-11)18-5-4-9(22)17-14(18)24/h4-5,10-13,23H,1-3H3,(H,17,22,24)/t10?,11-,12-,13-,15+/m1/s1. The van der Waals surface area contributed by atoms with E-state index in [1.165, 1.54) is 0 Å². The number of rotatable bonds is 5. The lowest BCUT2D eigenvalue weighted by molar-refractivity contribution is -0.250. The number of aromatic nitrogens is 2. The number of halogens is 1. The van der Waals surface area contributed by atoms with Gasteiger partial charge >= 0.3 is 23.6 Å². The zero-order valence-corrected chi connectivity index (χ0v) is 14.5. The van der Waals surface area contributed by atoms with Gasteiger partial charge in [0.1, 0.15) is 12.2 Å². The van der Waals surface area contributed by atoms with E-state index in [9.17, 15) is 29.1 Å². The first-order valence-corrected chi connectivity index (χ1v) is 7.69. The summed E-state index contributed by atoms with van der Waals surface area (Å²) < 4.78 is 30.8. The van der Waals surface area contributed by atoms with Crippen molar-refractivity contribution in [2.45, 2.75) is 51.2 Å². The minimum Gasteiger partial charge on any atom is -0.455 e. The summed E-state index contributed by atoms with van der Waals surface area (Å²) in [5.41, 5.74) is -2.10. The molecular formula is C15H17FN2O9. The summed E-state index contributed by atoms with van der Waals surface area (Å²) in [5, 5.41) is 10.0. The highest BCUT2D eigenvalue weighted by atomic mass is 19.2. The molecule has 11 nitrogen and oxygen atoms in total. The van der Waals surface area contributed by atoms with Gasteiger partial charge in [0.05, 0.1) is 0 Å². The number of hydrogen-bond acceptors (Lipinski definition) is 9. The number of aliphatic hydroxyl groups is 1. The second-order valence-corrected chi connectivity index (χ2v) is 5.83. The summed E-state index contributed by atoms with van der Waals surface area (Å²) in [6.07, 6.45) is -6.83. The Morgan fingerprint density at radius 1 is 1.26 bits per heavy atom. The summed E-state index contributed by atoms with van der Waals surface area (Å²) >= 11 is 0. The van der Waals surface area contributed by atoms with Crippen molar-refractivity contribution in [2.24, 2.45) is 0 Å². The van der Waals surface area contributed by atoms with Crippen LogP contribution in [-0.4, -0.2) is 56.8 Å². The summed E-state index contributed by atoms with van der Waals surface area (Å²) in [7, 11) is 0. The van der Waals surface area contributed by atoms with Gasteiger partial charge in [-0.05, 0) is 6.92 Å². The number of nitrogens with one attached hydrogen (secondary N) is 1. The maximum absolute atomic E-state index is 15.8. The van der Waals surface area contributed by atoms with Gasteiger partial charge in [-0.3, -0.25) is 24.2 Å². The van der Waals surface area contributed by atoms with Crippen LogP contribution in [0, 0.1) is 0 Å². The summed E-state index contributed by atoms with van der Waals surface area (Å²) in [5.74, 6) is -6.09. The molecule has 12 heteroatoms. The van der Waals surface area contributed by atoms with Crippen LogP contribution in [0.2, 0.25) is 0 Å². The van der Waals surface area contributed by atoms with Crippen LogP contribution in [0.5, 0.6) is 0 Å². The lowest BCUT2D eigenvalue weighted by atomic mass is 10.0. The Labute approximate surface area is 150 Å². The molecule has 0 saturated carbocycles. The highest BCUT2D eigenvalue weighted by molar-refractivity contribution is 5.81. The van der Waals surface area contributed by atoms with E-state index in [0.717, 1.165) is 33.0 Å². The number of ether oxygens (including phenoxy) is 3. The number of nitrogens with zero attached hydrogens (tertiary/aromatic N) is 1. The fraction of sp³-hybridized carbons (Fsp3) is 0.533. The largest absolute Gasteiger partial charge is 0.455 e. The molecule has 1 unspecified atom stereocenters. The average molecular weight is 388 g/mol. The van der Waals surface area contributed by atoms with E-state index in [2.05, 4.69) is 0 Å². The molecule has 5 atom stereocenters. The highest BCUT2D eigenvalue weighted by Gasteiger charge is 2.64. The SMILES string of the molecule is CC(=O)O[C@@H]1[C@@H](C(O)C(C)=O)O[C@@](F)(n2ccc(=O)[nH]c2=O)[C@@H]1OC(C)=O. The zero-order chi connectivity index (χ0) is 20.5. The molecule has 2 N–H and O–H groups in total. The van der Waals surface area contributed by atoms with Crippen LogP contribution in [0.25, 0.3) is 0 Å². The number of Topliss-reactive ketones (excluding diaryl/α,β-unsaturated/α-hetero) is 1. The number of aliphatic hydroxyl groups excluding tert-OH is 1. The number of carbonyl (C=O) groups excluding carboxylic acids is 3. The van der Waals surface area contributed by atoms with E-state index < -0.39 is 59.4 Å². The summed E-state index contributed by atoms with van der Waals surface area (Å²) in [4.78, 5) is 59.4. The predicted octanol–water partition coefficient (Wildman–Crippen LogP) is -1.67. The van der Waals surface area contributed by atoms with Crippen molar-refractivity contribution in [3.63, 3.8) is 0 Å². The molecule has 1 aromatic heterocycles. The second-order valence-electron chi connectivity index (χ2n) is 5.83. The lowest BCUT2D eigenvalue weighted by Crippen LogP contribution is -2.51. The molecular weight excluding hydrogens is 371 g/mol. The van der Waals surface area contributed by atoms with Gasteiger partial charge < -0.3 is 19.3 Å². The van der Waals surface area contributed by atoms with Crippen molar-refractivity contribution in [3.05, 3.63) is 33.1 Å². The van der Waals surface area contributed by atoms with Gasteiger partial charge in [0.15, 0.2) is 11.9 Å². The molecule has 0 aromatic carbocycles. The molecule has 1 aliphatic heterocycles. The second kappa shape index (κ2) is 7.40. The van der Waals surface area contributed by atoms with Gasteiger partial charge in [-0.25, -0.2) is 9.36 Å². The molecule has 0 bridgehead atoms. The number of alkyl halides is 1. The van der Waals surface area contributed by atoms with E-state index in [1.54, 1.807) is 4.98 Å². The first-order chi connectivity index (χ1) is 12.5. The Hall–Kier alpha value is -2.86. The minimum absolute atomic E-state index is 0.255. The van der Waals surface area contributed by atoms with E-state index in [-0.39, 0.29) is 4.57 Å². The fourth-order valence-corrected chi connectivity index (χ4v) is 2.67. The molecule has 0 aliphatic carbocycles. The maximum Gasteiger partial charge on any atom is 0.339 e. The predicted molar refractivity (Wildman–Crippen MR) is 83.1 cm³/mol. The molecule has 148 valence electrons. The van der Waals surface area contributed by atoms with Gasteiger partial charge in [-0.1, -0.05) is 0 Å². The highest BCUT2D eigenvalue weighted by Crippen LogP contribution is 2.41. The Kier molecular flexibility index (Phi) is 5.61. The fourth-order valence-electron chi connectivity index (χ4n) is 2.67. The zero-order valence-electron chi connectivity index (χ0n) is 14.5. The van der Waals surface area contributed by atoms with Crippen molar-refractivity contribution in [1.82, 2.24) is 9.55 Å². The van der Waals surface area contributed by atoms with Crippen LogP contribution >= 0.6 is 0 Å². The Balaban J connectivity index is 2.64. The molecule has 2 rings (SSSR count). The van der Waals surface area contributed by atoms with Crippen molar-refractivity contribution in [2.75, 3.05) is 0 Å². The van der Waals surface area contributed by atoms with Gasteiger partial charge in [0, 0.05) is 26.1 Å². The molecule has 0 amide bonds. The smallest absolute Gasteiger partial charge is 0.339 e. The van der Waals surface area contributed by atoms with Crippen molar-refractivity contribution >= 4 is 17.7 Å². The lowest BCUT2D eigenvalue weighted by Gasteiger charge is -2.28. The first kappa shape index (κ1) is 20.5. The van der Waals surface area contributed by atoms with E-state index in [4.69, 9.17) is 14.2 Å². The third-order valence-electron chi connectivity index (χ3n) is 3.75. The monoisotopic (exact) mass is 388 g/mol. The third kappa shape index (κ3) is 3.95. The van der Waals surface area contributed by atoms with Crippen LogP contribution in [0.4, 0.5) is 4.39 Å². The molecule has 1 aliphatic rings. The number of aromatic amines is 1. The number of ketones is 1. The Morgan fingerprint density at radius 2 is 1.85 bits per heavy atom. The minimum atomic E-state index is -3.28. The number of hydrogen-bond donors (Lipinski definition) is 2. The maximum atomic E-state index is 15.8. The Morgan fingerprint density at radius 3 is 2.33 bits per heavy atom. The topological polar surface area (TPSA) is 154 Å². The van der Waals surface area contributed by atoms with Crippen molar-refractivity contribution in [1.29, 1.82) is 0 Å². The van der Waals surface area contributed by atoms with Crippen LogP contribution in [0.1, 0.15) is 20.8 Å². The van der Waals surface area contributed by atoms with E-state index in [0.29, 0.717) is 0 Å². The van der Waals surface area contributed by atoms with Crippen molar-refractivity contribution in [3.8, 4) is 0 Å². The van der Waals surface area contributed by atoms with E-state index in [1.807, 2.05) is 0 Å². The normalized spacial score (nSPS) is 28.4. The van der Waals surface area contributed by atoms with Crippen LogP contribution < -0.4 is 11.2 Å². The van der Waals surface area contributed by atoms with Gasteiger partial charge in [0.2, 0.25) is 6.10 Å². The molecule has 27 heavy (non-hydrogen) atoms. The molecule has 0 radical (unpaired) electrons. The van der Waals surface area contributed by atoms with Crippen LogP contribution in [-0.2, 0) is 34.6 Å². The molecule has 2 heterocycles. The van der Waals surface area contributed by atoms with Crippen molar-refractivity contribution < 1.29 is 38.1 Å². The number of carbonyl (C=O) groups is 3. The summed E-state index contributed by atoms with van der Waals surface area (Å²) in [6, 6.07) is 0.798. The third-order valence-corrected chi connectivity index (χ3v) is 3.75. The summed E-state index contributed by atoms with van der Waals surface area (Å²) in [6.45, 7) is 2.87. The molecule has 1 saturated heterocycles. The van der Waals surface area contributed by atoms with Gasteiger partial charge in [-0.15, -0.1) is 0 Å². The van der Waals surface area contributed by atoms with Gasteiger partial charge in [-0.2, -0.15) is 4.39 Å². The van der Waals surface area contributed by atoms with Crippen LogP contribution in [0.15, 0.2) is 21.9 Å². The van der Waals surface area contributed by atoms with Gasteiger partial charge in [0.25, 0.3) is 5.56 Å². The molecule has 1 fully saturated rings. The first-order valence-electron chi connectivity index (χ1n) is 7.69. The molecule has 1 aromatic rings. The average Bonchev–Trinajstić information content (AvgIpc) is 2.79. The van der Waals surface area contributed by atoms with E-state index >= 15 is 4.39 Å². The number of esters is 2.